The number of fused-ring (bicyclic) bond motifs is 1. The van der Waals surface area contributed by atoms with Crippen LogP contribution in [0.2, 0.25) is 0 Å². The Bertz CT molecular complexity index is 1510. The van der Waals surface area contributed by atoms with Crippen LogP contribution in [0.4, 0.5) is 28.8 Å². The van der Waals surface area contributed by atoms with Crippen molar-refractivity contribution >= 4 is 40.4 Å². The summed E-state index contributed by atoms with van der Waals surface area (Å²) in [7, 11) is 0. The Labute approximate surface area is 203 Å². The van der Waals surface area contributed by atoms with E-state index in [1.54, 1.807) is 4.40 Å². The Kier molecular flexibility index (Phi) is 5.85. The zero-order valence-electron chi connectivity index (χ0n) is 19.7. The zero-order valence-corrected chi connectivity index (χ0v) is 19.7. The molecule has 0 bridgehead atoms. The van der Waals surface area contributed by atoms with Gasteiger partial charge in [0, 0.05) is 35.0 Å². The van der Waals surface area contributed by atoms with Crippen LogP contribution in [0.5, 0.6) is 0 Å². The van der Waals surface area contributed by atoms with Gasteiger partial charge in [-0.25, -0.2) is 9.97 Å². The highest BCUT2D eigenvalue weighted by atomic mass is 16.2. The predicted molar refractivity (Wildman–Crippen MR) is 139 cm³/mol. The predicted octanol–water partition coefficient (Wildman–Crippen LogP) is 5.79. The molecule has 0 aliphatic heterocycles. The number of hydrogen-bond donors (Lipinski definition) is 3. The second-order valence-electron chi connectivity index (χ2n) is 8.34. The SMILES string of the molecule is Cc1ccc(Nc2nc(C)cc(Nc3ccc(NC(=O)c4c(C)nc5ccccn45)cc3)n2)cc1. The molecular formula is C27H25N7O. The van der Waals surface area contributed by atoms with Gasteiger partial charge in [0.1, 0.15) is 17.2 Å². The number of aryl methyl sites for hydroxylation is 3. The number of pyridine rings is 1. The minimum atomic E-state index is -0.208. The van der Waals surface area contributed by atoms with Crippen LogP contribution in [-0.4, -0.2) is 25.3 Å². The van der Waals surface area contributed by atoms with E-state index in [0.29, 0.717) is 28.8 Å². The zero-order chi connectivity index (χ0) is 24.4. The van der Waals surface area contributed by atoms with Crippen LogP contribution in [0.15, 0.2) is 79.0 Å². The van der Waals surface area contributed by atoms with Crippen LogP contribution in [0.3, 0.4) is 0 Å². The number of carbonyl (C=O) groups is 1. The smallest absolute Gasteiger partial charge is 0.274 e. The number of amides is 1. The number of carbonyl (C=O) groups excluding carboxylic acids is 1. The lowest BCUT2D eigenvalue weighted by atomic mass is 10.2. The van der Waals surface area contributed by atoms with Crippen molar-refractivity contribution in [1.29, 1.82) is 0 Å². The van der Waals surface area contributed by atoms with E-state index in [1.165, 1.54) is 5.56 Å². The van der Waals surface area contributed by atoms with Crippen molar-refractivity contribution in [2.24, 2.45) is 0 Å². The molecule has 5 aromatic rings. The van der Waals surface area contributed by atoms with E-state index in [2.05, 4.69) is 30.9 Å². The highest BCUT2D eigenvalue weighted by Gasteiger charge is 2.16. The molecule has 0 atom stereocenters. The fourth-order valence-corrected chi connectivity index (χ4v) is 3.82. The second-order valence-corrected chi connectivity index (χ2v) is 8.34. The molecule has 0 aliphatic carbocycles. The minimum absolute atomic E-state index is 0.208. The molecule has 1 amide bonds. The molecule has 3 heterocycles. The van der Waals surface area contributed by atoms with Gasteiger partial charge >= 0.3 is 0 Å². The van der Waals surface area contributed by atoms with Gasteiger partial charge in [-0.3, -0.25) is 9.20 Å². The first kappa shape index (κ1) is 22.1. The molecule has 3 aromatic heterocycles. The Morgan fingerprint density at radius 3 is 2.23 bits per heavy atom. The van der Waals surface area contributed by atoms with E-state index in [-0.39, 0.29) is 5.91 Å². The van der Waals surface area contributed by atoms with Gasteiger partial charge in [-0.1, -0.05) is 23.8 Å². The third-order valence-corrected chi connectivity index (χ3v) is 5.50. The van der Waals surface area contributed by atoms with Crippen molar-refractivity contribution in [2.75, 3.05) is 16.0 Å². The maximum Gasteiger partial charge on any atom is 0.274 e. The Hall–Kier alpha value is -4.72. The van der Waals surface area contributed by atoms with Crippen LogP contribution in [0.1, 0.15) is 27.4 Å². The van der Waals surface area contributed by atoms with Gasteiger partial charge in [-0.2, -0.15) is 4.98 Å². The monoisotopic (exact) mass is 463 g/mol. The van der Waals surface area contributed by atoms with Crippen molar-refractivity contribution < 1.29 is 4.79 Å². The number of anilines is 5. The van der Waals surface area contributed by atoms with E-state index in [1.807, 2.05) is 99.8 Å². The van der Waals surface area contributed by atoms with Gasteiger partial charge in [-0.15, -0.1) is 0 Å². The number of rotatable bonds is 6. The van der Waals surface area contributed by atoms with Gasteiger partial charge < -0.3 is 16.0 Å². The molecule has 0 radical (unpaired) electrons. The molecule has 0 saturated carbocycles. The van der Waals surface area contributed by atoms with Crippen LogP contribution in [0.25, 0.3) is 5.65 Å². The summed E-state index contributed by atoms with van der Waals surface area (Å²) >= 11 is 0. The summed E-state index contributed by atoms with van der Waals surface area (Å²) in [4.78, 5) is 26.4. The fraction of sp³-hybridized carbons (Fsp3) is 0.111. The van der Waals surface area contributed by atoms with Gasteiger partial charge in [-0.05, 0) is 69.3 Å². The van der Waals surface area contributed by atoms with Crippen molar-refractivity contribution in [2.45, 2.75) is 20.8 Å². The number of aromatic nitrogens is 4. The van der Waals surface area contributed by atoms with Crippen molar-refractivity contribution in [1.82, 2.24) is 19.4 Å². The van der Waals surface area contributed by atoms with E-state index in [9.17, 15) is 4.79 Å². The molecule has 0 saturated heterocycles. The average Bonchev–Trinajstić information content (AvgIpc) is 3.17. The number of benzene rings is 2. The highest BCUT2D eigenvalue weighted by molar-refractivity contribution is 6.04. The quantitative estimate of drug-likeness (QED) is 0.295. The standard InChI is InChI=1S/C27H25N7O/c1-17-7-9-22(10-8-17)32-27-28-18(2)16-23(33-27)30-20-11-13-21(14-12-20)31-26(35)25-19(3)29-24-6-4-5-15-34(24)25/h4-16H,1-3H3,(H,31,35)(H2,28,30,32,33). The number of nitrogens with one attached hydrogen (secondary N) is 3. The highest BCUT2D eigenvalue weighted by Crippen LogP contribution is 2.22. The van der Waals surface area contributed by atoms with E-state index >= 15 is 0 Å². The largest absolute Gasteiger partial charge is 0.340 e. The van der Waals surface area contributed by atoms with Crippen molar-refractivity contribution in [3.63, 3.8) is 0 Å². The van der Waals surface area contributed by atoms with E-state index in [4.69, 9.17) is 0 Å². The molecule has 0 fully saturated rings. The maximum atomic E-state index is 12.9. The second kappa shape index (κ2) is 9.26. The summed E-state index contributed by atoms with van der Waals surface area (Å²) in [5.41, 5.74) is 6.43. The fourth-order valence-electron chi connectivity index (χ4n) is 3.82. The first-order valence-electron chi connectivity index (χ1n) is 11.3. The van der Waals surface area contributed by atoms with Crippen LogP contribution >= 0.6 is 0 Å². The first-order chi connectivity index (χ1) is 16.9. The minimum Gasteiger partial charge on any atom is -0.340 e. The number of hydrogen-bond acceptors (Lipinski definition) is 6. The topological polar surface area (TPSA) is 96.2 Å². The first-order valence-corrected chi connectivity index (χ1v) is 11.3. The lowest BCUT2D eigenvalue weighted by Crippen LogP contribution is -2.15. The molecule has 8 nitrogen and oxygen atoms in total. The van der Waals surface area contributed by atoms with Crippen LogP contribution in [0, 0.1) is 20.8 Å². The van der Waals surface area contributed by atoms with Gasteiger partial charge in [0.25, 0.3) is 5.91 Å². The van der Waals surface area contributed by atoms with Crippen molar-refractivity contribution in [3.05, 3.63) is 102 Å². The third-order valence-electron chi connectivity index (χ3n) is 5.50. The molecule has 174 valence electrons. The Balaban J connectivity index is 1.28. The molecule has 0 aliphatic rings. The number of imidazole rings is 1. The summed E-state index contributed by atoms with van der Waals surface area (Å²) in [6.45, 7) is 5.81. The molecule has 2 aromatic carbocycles. The van der Waals surface area contributed by atoms with Gasteiger partial charge in [0.15, 0.2) is 0 Å². The van der Waals surface area contributed by atoms with E-state index in [0.717, 1.165) is 22.7 Å². The molecule has 8 heteroatoms. The van der Waals surface area contributed by atoms with Crippen LogP contribution in [-0.2, 0) is 0 Å². The summed E-state index contributed by atoms with van der Waals surface area (Å²) in [6.07, 6.45) is 1.84. The van der Waals surface area contributed by atoms with Gasteiger partial charge in [0.2, 0.25) is 5.95 Å². The van der Waals surface area contributed by atoms with Gasteiger partial charge in [0.05, 0.1) is 5.69 Å². The summed E-state index contributed by atoms with van der Waals surface area (Å²) in [5.74, 6) is 0.981. The van der Waals surface area contributed by atoms with Crippen molar-refractivity contribution in [3.8, 4) is 0 Å². The molecular weight excluding hydrogens is 438 g/mol. The van der Waals surface area contributed by atoms with Crippen LogP contribution < -0.4 is 16.0 Å². The average molecular weight is 464 g/mol. The molecule has 0 unspecified atom stereocenters. The summed E-state index contributed by atoms with van der Waals surface area (Å²) in [6, 6.07) is 23.1. The summed E-state index contributed by atoms with van der Waals surface area (Å²) < 4.78 is 1.79. The Morgan fingerprint density at radius 1 is 0.771 bits per heavy atom. The molecule has 0 spiro atoms. The lowest BCUT2D eigenvalue weighted by Gasteiger charge is -2.11. The number of nitrogens with zero attached hydrogens (tertiary/aromatic N) is 4. The third kappa shape index (κ3) is 4.96. The lowest BCUT2D eigenvalue weighted by molar-refractivity contribution is 0.102. The summed E-state index contributed by atoms with van der Waals surface area (Å²) in [5, 5.41) is 9.50. The molecule has 3 N–H and O–H groups in total. The maximum absolute atomic E-state index is 12.9. The van der Waals surface area contributed by atoms with E-state index < -0.39 is 0 Å². The molecule has 5 rings (SSSR count). The molecule has 35 heavy (non-hydrogen) atoms. The normalized spacial score (nSPS) is 10.8. The Morgan fingerprint density at radius 2 is 1.46 bits per heavy atom.